The number of hydrogen-bond donors (Lipinski definition) is 0. The van der Waals surface area contributed by atoms with Crippen molar-refractivity contribution in [2.45, 2.75) is 39.2 Å². The Balaban J connectivity index is 1.70. The van der Waals surface area contributed by atoms with E-state index in [4.69, 9.17) is 4.98 Å². The zero-order valence-electron chi connectivity index (χ0n) is 14.8. The second-order valence-corrected chi connectivity index (χ2v) is 6.98. The average Bonchev–Trinajstić information content (AvgIpc) is 3.00. The van der Waals surface area contributed by atoms with Gasteiger partial charge in [0, 0.05) is 18.2 Å². The lowest BCUT2D eigenvalue weighted by molar-refractivity contribution is -0.119. The van der Waals surface area contributed by atoms with Gasteiger partial charge < -0.3 is 9.47 Å². The number of nitrogens with zero attached hydrogens (tertiary/aromatic N) is 3. The van der Waals surface area contributed by atoms with Crippen molar-refractivity contribution in [2.75, 3.05) is 11.4 Å². The molecule has 0 saturated carbocycles. The molecule has 4 nitrogen and oxygen atoms in total. The zero-order valence-corrected chi connectivity index (χ0v) is 14.8. The lowest BCUT2D eigenvalue weighted by Gasteiger charge is -2.30. The SMILES string of the molecule is CC(C)c1nc2ccccc2n1CC(=O)N1CCCc2ccccc21. The van der Waals surface area contributed by atoms with Crippen LogP contribution in [0.3, 0.4) is 0 Å². The molecule has 1 amide bonds. The van der Waals surface area contributed by atoms with E-state index in [0.717, 1.165) is 41.9 Å². The topological polar surface area (TPSA) is 38.1 Å². The quantitative estimate of drug-likeness (QED) is 0.722. The Morgan fingerprint density at radius 1 is 1.12 bits per heavy atom. The fraction of sp³-hybridized carbons (Fsp3) is 0.333. The van der Waals surface area contributed by atoms with Gasteiger partial charge in [0.15, 0.2) is 0 Å². The van der Waals surface area contributed by atoms with Gasteiger partial charge in [-0.15, -0.1) is 0 Å². The monoisotopic (exact) mass is 333 g/mol. The molecule has 0 bridgehead atoms. The van der Waals surface area contributed by atoms with Crippen LogP contribution in [0.1, 0.15) is 37.6 Å². The summed E-state index contributed by atoms with van der Waals surface area (Å²) >= 11 is 0. The molecule has 128 valence electrons. The van der Waals surface area contributed by atoms with Gasteiger partial charge in [0.05, 0.1) is 11.0 Å². The van der Waals surface area contributed by atoms with Gasteiger partial charge in [-0.05, 0) is 36.6 Å². The van der Waals surface area contributed by atoms with Crippen molar-refractivity contribution in [2.24, 2.45) is 0 Å². The van der Waals surface area contributed by atoms with Crippen LogP contribution in [-0.4, -0.2) is 22.0 Å². The summed E-state index contributed by atoms with van der Waals surface area (Å²) in [7, 11) is 0. The van der Waals surface area contributed by atoms with Crippen molar-refractivity contribution in [1.29, 1.82) is 0 Å². The molecule has 0 aliphatic carbocycles. The highest BCUT2D eigenvalue weighted by Gasteiger charge is 2.24. The number of hydrogen-bond acceptors (Lipinski definition) is 2. The van der Waals surface area contributed by atoms with Gasteiger partial charge in [-0.3, -0.25) is 4.79 Å². The van der Waals surface area contributed by atoms with Crippen LogP contribution in [0.2, 0.25) is 0 Å². The molecule has 3 aromatic rings. The minimum absolute atomic E-state index is 0.136. The van der Waals surface area contributed by atoms with E-state index < -0.39 is 0 Å². The third kappa shape index (κ3) is 2.82. The number of anilines is 1. The highest BCUT2D eigenvalue weighted by Crippen LogP contribution is 2.28. The van der Waals surface area contributed by atoms with E-state index >= 15 is 0 Å². The van der Waals surface area contributed by atoms with Crippen LogP contribution in [-0.2, 0) is 17.8 Å². The van der Waals surface area contributed by atoms with E-state index in [0.29, 0.717) is 6.54 Å². The first-order chi connectivity index (χ1) is 12.1. The second-order valence-electron chi connectivity index (χ2n) is 6.98. The lowest BCUT2D eigenvalue weighted by atomic mass is 10.0. The molecule has 2 heterocycles. The summed E-state index contributed by atoms with van der Waals surface area (Å²) in [5, 5.41) is 0. The van der Waals surface area contributed by atoms with Crippen molar-refractivity contribution >= 4 is 22.6 Å². The van der Waals surface area contributed by atoms with E-state index in [9.17, 15) is 4.79 Å². The molecule has 4 rings (SSSR count). The number of imidazole rings is 1. The fourth-order valence-electron chi connectivity index (χ4n) is 3.71. The number of aryl methyl sites for hydroxylation is 1. The molecular formula is C21H23N3O. The van der Waals surface area contributed by atoms with Gasteiger partial charge in [-0.1, -0.05) is 44.2 Å². The van der Waals surface area contributed by atoms with E-state index in [1.807, 2.05) is 41.3 Å². The Morgan fingerprint density at radius 2 is 1.88 bits per heavy atom. The summed E-state index contributed by atoms with van der Waals surface area (Å²) in [4.78, 5) is 19.8. The summed E-state index contributed by atoms with van der Waals surface area (Å²) in [6.45, 7) is 5.37. The van der Waals surface area contributed by atoms with Crippen LogP contribution < -0.4 is 4.90 Å². The molecule has 4 heteroatoms. The maximum absolute atomic E-state index is 13.1. The third-order valence-electron chi connectivity index (χ3n) is 4.91. The Hall–Kier alpha value is -2.62. The van der Waals surface area contributed by atoms with Gasteiger partial charge in [0.2, 0.25) is 5.91 Å². The maximum atomic E-state index is 13.1. The number of para-hydroxylation sites is 3. The van der Waals surface area contributed by atoms with E-state index in [2.05, 4.69) is 30.5 Å². The zero-order chi connectivity index (χ0) is 17.4. The van der Waals surface area contributed by atoms with Crippen molar-refractivity contribution in [3.63, 3.8) is 0 Å². The smallest absolute Gasteiger partial charge is 0.246 e. The lowest BCUT2D eigenvalue weighted by Crippen LogP contribution is -2.38. The van der Waals surface area contributed by atoms with Crippen LogP contribution in [0.5, 0.6) is 0 Å². The van der Waals surface area contributed by atoms with Crippen molar-refractivity contribution in [3.8, 4) is 0 Å². The highest BCUT2D eigenvalue weighted by atomic mass is 16.2. The van der Waals surface area contributed by atoms with Gasteiger partial charge >= 0.3 is 0 Å². The van der Waals surface area contributed by atoms with Gasteiger partial charge in [0.25, 0.3) is 0 Å². The Morgan fingerprint density at radius 3 is 2.72 bits per heavy atom. The molecule has 0 fully saturated rings. The Kier molecular flexibility index (Phi) is 4.04. The molecule has 0 radical (unpaired) electrons. The summed E-state index contributed by atoms with van der Waals surface area (Å²) in [6, 6.07) is 16.3. The molecule has 0 spiro atoms. The van der Waals surface area contributed by atoms with Crippen molar-refractivity contribution < 1.29 is 4.79 Å². The average molecular weight is 333 g/mol. The molecule has 0 atom stereocenters. The Bertz CT molecular complexity index is 926. The first kappa shape index (κ1) is 15.9. The molecular weight excluding hydrogens is 310 g/mol. The fourth-order valence-corrected chi connectivity index (χ4v) is 3.71. The normalized spacial score (nSPS) is 14.1. The highest BCUT2D eigenvalue weighted by molar-refractivity contribution is 5.95. The number of rotatable bonds is 3. The predicted molar refractivity (Wildman–Crippen MR) is 101 cm³/mol. The van der Waals surface area contributed by atoms with Crippen molar-refractivity contribution in [3.05, 3.63) is 59.9 Å². The molecule has 25 heavy (non-hydrogen) atoms. The summed E-state index contributed by atoms with van der Waals surface area (Å²) in [6.07, 6.45) is 2.07. The molecule has 1 aromatic heterocycles. The van der Waals surface area contributed by atoms with Gasteiger partial charge in [0.1, 0.15) is 12.4 Å². The van der Waals surface area contributed by atoms with Gasteiger partial charge in [-0.2, -0.15) is 0 Å². The minimum Gasteiger partial charge on any atom is -0.318 e. The van der Waals surface area contributed by atoms with E-state index in [-0.39, 0.29) is 11.8 Å². The van der Waals surface area contributed by atoms with Crippen LogP contribution in [0.15, 0.2) is 48.5 Å². The van der Waals surface area contributed by atoms with Crippen molar-refractivity contribution in [1.82, 2.24) is 9.55 Å². The number of carbonyl (C=O) groups excluding carboxylic acids is 1. The Labute approximate surface area is 148 Å². The molecule has 2 aromatic carbocycles. The first-order valence-electron chi connectivity index (χ1n) is 8.98. The number of carbonyl (C=O) groups is 1. The molecule has 0 N–H and O–H groups in total. The largest absolute Gasteiger partial charge is 0.318 e. The van der Waals surface area contributed by atoms with Crippen LogP contribution in [0, 0.1) is 0 Å². The number of aromatic nitrogens is 2. The second kappa shape index (κ2) is 6.36. The van der Waals surface area contributed by atoms with Crippen LogP contribution >= 0.6 is 0 Å². The van der Waals surface area contributed by atoms with Gasteiger partial charge in [-0.25, -0.2) is 4.98 Å². The molecule has 0 saturated heterocycles. The number of fused-ring (bicyclic) bond motifs is 2. The minimum atomic E-state index is 0.136. The number of benzene rings is 2. The summed E-state index contributed by atoms with van der Waals surface area (Å²) < 4.78 is 2.08. The molecule has 1 aliphatic heterocycles. The third-order valence-corrected chi connectivity index (χ3v) is 4.91. The van der Waals surface area contributed by atoms with E-state index in [1.54, 1.807) is 0 Å². The standard InChI is InChI=1S/C21H23N3O/c1-15(2)21-22-17-10-4-6-12-19(17)24(21)14-20(25)23-13-7-9-16-8-3-5-11-18(16)23/h3-6,8,10-12,15H,7,9,13-14H2,1-2H3. The predicted octanol–water partition coefficient (Wildman–Crippen LogP) is 4.14. The molecule has 1 aliphatic rings. The van der Waals surface area contributed by atoms with Crippen LogP contribution in [0.25, 0.3) is 11.0 Å². The molecule has 0 unspecified atom stereocenters. The maximum Gasteiger partial charge on any atom is 0.246 e. The number of amides is 1. The summed E-state index contributed by atoms with van der Waals surface area (Å²) in [5.41, 5.74) is 4.32. The summed E-state index contributed by atoms with van der Waals surface area (Å²) in [5.74, 6) is 1.38. The first-order valence-corrected chi connectivity index (χ1v) is 8.98. The van der Waals surface area contributed by atoms with Crippen LogP contribution in [0.4, 0.5) is 5.69 Å². The van der Waals surface area contributed by atoms with E-state index in [1.165, 1.54) is 5.56 Å².